The molecule has 18 heavy (non-hydrogen) atoms. The van der Waals surface area contributed by atoms with Crippen molar-refractivity contribution in [2.24, 2.45) is 0 Å². The summed E-state index contributed by atoms with van der Waals surface area (Å²) >= 11 is 0. The zero-order valence-corrected chi connectivity index (χ0v) is 11.6. The second-order valence-corrected chi connectivity index (χ2v) is 4.71. The Morgan fingerprint density at radius 1 is 1.22 bits per heavy atom. The molecule has 0 bridgehead atoms. The SMILES string of the molecule is CCc1cc(CC)n(Cc2ncnn2C(C)C)n1. The first-order chi connectivity index (χ1) is 8.65. The topological polar surface area (TPSA) is 48.5 Å². The van der Waals surface area contributed by atoms with Gasteiger partial charge in [0.1, 0.15) is 18.7 Å². The third kappa shape index (κ3) is 2.44. The van der Waals surface area contributed by atoms with Gasteiger partial charge in [-0.2, -0.15) is 10.2 Å². The van der Waals surface area contributed by atoms with Gasteiger partial charge in [-0.1, -0.05) is 13.8 Å². The van der Waals surface area contributed by atoms with Crippen LogP contribution in [0.3, 0.4) is 0 Å². The largest absolute Gasteiger partial charge is 0.262 e. The number of aryl methyl sites for hydroxylation is 2. The average Bonchev–Trinajstić information content (AvgIpc) is 2.95. The van der Waals surface area contributed by atoms with Gasteiger partial charge in [-0.05, 0) is 32.8 Å². The summed E-state index contributed by atoms with van der Waals surface area (Å²) in [6.07, 6.45) is 3.57. The lowest BCUT2D eigenvalue weighted by Crippen LogP contribution is -2.14. The van der Waals surface area contributed by atoms with Crippen LogP contribution in [0.5, 0.6) is 0 Å². The summed E-state index contributed by atoms with van der Waals surface area (Å²) in [7, 11) is 0. The van der Waals surface area contributed by atoms with E-state index in [9.17, 15) is 0 Å². The summed E-state index contributed by atoms with van der Waals surface area (Å²) in [4.78, 5) is 4.33. The summed E-state index contributed by atoms with van der Waals surface area (Å²) in [5.74, 6) is 0.963. The highest BCUT2D eigenvalue weighted by Gasteiger charge is 2.11. The Morgan fingerprint density at radius 3 is 2.61 bits per heavy atom. The summed E-state index contributed by atoms with van der Waals surface area (Å²) in [6, 6.07) is 2.50. The summed E-state index contributed by atoms with van der Waals surface area (Å²) in [6.45, 7) is 9.20. The minimum Gasteiger partial charge on any atom is -0.262 e. The maximum atomic E-state index is 4.61. The van der Waals surface area contributed by atoms with Gasteiger partial charge in [-0.3, -0.25) is 4.68 Å². The molecule has 0 aliphatic carbocycles. The zero-order valence-electron chi connectivity index (χ0n) is 11.6. The fourth-order valence-electron chi connectivity index (χ4n) is 2.06. The molecule has 0 amide bonds. The van der Waals surface area contributed by atoms with Crippen molar-refractivity contribution in [2.45, 2.75) is 53.1 Å². The van der Waals surface area contributed by atoms with Crippen molar-refractivity contribution >= 4 is 0 Å². The van der Waals surface area contributed by atoms with Gasteiger partial charge < -0.3 is 0 Å². The highest BCUT2D eigenvalue weighted by Crippen LogP contribution is 2.11. The third-order valence-electron chi connectivity index (χ3n) is 3.07. The first kappa shape index (κ1) is 12.8. The Labute approximate surface area is 108 Å². The molecule has 0 N–H and O–H groups in total. The number of aromatic nitrogens is 5. The van der Waals surface area contributed by atoms with E-state index in [1.165, 1.54) is 5.69 Å². The Balaban J connectivity index is 2.27. The first-order valence-electron chi connectivity index (χ1n) is 6.59. The fraction of sp³-hybridized carbons (Fsp3) is 0.615. The van der Waals surface area contributed by atoms with Gasteiger partial charge in [0.2, 0.25) is 0 Å². The van der Waals surface area contributed by atoms with Gasteiger partial charge in [-0.15, -0.1) is 0 Å². The van der Waals surface area contributed by atoms with Gasteiger partial charge in [0, 0.05) is 11.7 Å². The fourth-order valence-corrected chi connectivity index (χ4v) is 2.06. The molecular formula is C13H21N5. The molecule has 0 saturated carbocycles. The Kier molecular flexibility index (Phi) is 3.79. The molecule has 0 fully saturated rings. The molecule has 2 rings (SSSR count). The van der Waals surface area contributed by atoms with Crippen LogP contribution in [0.2, 0.25) is 0 Å². The van der Waals surface area contributed by atoms with Crippen molar-refractivity contribution < 1.29 is 0 Å². The molecule has 0 aromatic carbocycles. The second kappa shape index (κ2) is 5.33. The van der Waals surface area contributed by atoms with E-state index in [1.807, 2.05) is 9.36 Å². The van der Waals surface area contributed by atoms with Gasteiger partial charge in [0.25, 0.3) is 0 Å². The van der Waals surface area contributed by atoms with Crippen LogP contribution in [0.25, 0.3) is 0 Å². The molecule has 0 aliphatic rings. The molecular weight excluding hydrogens is 226 g/mol. The van der Waals surface area contributed by atoms with E-state index >= 15 is 0 Å². The molecule has 2 aromatic heterocycles. The molecule has 2 heterocycles. The van der Waals surface area contributed by atoms with E-state index in [0.717, 1.165) is 24.4 Å². The van der Waals surface area contributed by atoms with Crippen LogP contribution < -0.4 is 0 Å². The summed E-state index contributed by atoms with van der Waals surface area (Å²) in [5.41, 5.74) is 2.40. The van der Waals surface area contributed by atoms with E-state index in [2.05, 4.69) is 48.9 Å². The minimum absolute atomic E-state index is 0.328. The zero-order chi connectivity index (χ0) is 13.1. The summed E-state index contributed by atoms with van der Waals surface area (Å²) in [5, 5.41) is 8.87. The molecule has 2 aromatic rings. The molecule has 0 radical (unpaired) electrons. The van der Waals surface area contributed by atoms with Crippen molar-refractivity contribution in [1.29, 1.82) is 0 Å². The third-order valence-corrected chi connectivity index (χ3v) is 3.07. The second-order valence-electron chi connectivity index (χ2n) is 4.71. The van der Waals surface area contributed by atoms with Gasteiger partial charge >= 0.3 is 0 Å². The van der Waals surface area contributed by atoms with Gasteiger partial charge in [0.05, 0.1) is 5.69 Å². The molecule has 0 spiro atoms. The van der Waals surface area contributed by atoms with Crippen LogP contribution in [0.15, 0.2) is 12.4 Å². The van der Waals surface area contributed by atoms with Crippen LogP contribution >= 0.6 is 0 Å². The Hall–Kier alpha value is -1.65. The molecule has 5 heteroatoms. The van der Waals surface area contributed by atoms with Crippen molar-refractivity contribution in [3.63, 3.8) is 0 Å². The minimum atomic E-state index is 0.328. The predicted molar refractivity (Wildman–Crippen MR) is 70.5 cm³/mol. The van der Waals surface area contributed by atoms with Crippen LogP contribution in [-0.2, 0) is 19.4 Å². The maximum Gasteiger partial charge on any atom is 0.148 e. The first-order valence-corrected chi connectivity index (χ1v) is 6.59. The number of rotatable bonds is 5. The van der Waals surface area contributed by atoms with E-state index in [-0.39, 0.29) is 0 Å². The smallest absolute Gasteiger partial charge is 0.148 e. The van der Waals surface area contributed by atoms with E-state index in [1.54, 1.807) is 6.33 Å². The van der Waals surface area contributed by atoms with E-state index < -0.39 is 0 Å². The predicted octanol–water partition coefficient (Wildman–Crippen LogP) is 2.23. The van der Waals surface area contributed by atoms with E-state index in [4.69, 9.17) is 0 Å². The molecule has 0 aliphatic heterocycles. The molecule has 98 valence electrons. The monoisotopic (exact) mass is 247 g/mol. The molecule has 0 saturated heterocycles. The highest BCUT2D eigenvalue weighted by molar-refractivity contribution is 5.11. The lowest BCUT2D eigenvalue weighted by atomic mass is 10.2. The number of hydrogen-bond donors (Lipinski definition) is 0. The van der Waals surface area contributed by atoms with Gasteiger partial charge in [0.15, 0.2) is 0 Å². The lowest BCUT2D eigenvalue weighted by molar-refractivity contribution is 0.483. The van der Waals surface area contributed by atoms with Gasteiger partial charge in [-0.25, -0.2) is 9.67 Å². The molecule has 5 nitrogen and oxygen atoms in total. The number of nitrogens with zero attached hydrogens (tertiary/aromatic N) is 5. The number of hydrogen-bond acceptors (Lipinski definition) is 3. The van der Waals surface area contributed by atoms with Crippen LogP contribution in [0.1, 0.15) is 50.9 Å². The van der Waals surface area contributed by atoms with Crippen molar-refractivity contribution in [3.05, 3.63) is 29.6 Å². The quantitative estimate of drug-likeness (QED) is 0.814. The normalized spacial score (nSPS) is 11.4. The molecule has 0 unspecified atom stereocenters. The van der Waals surface area contributed by atoms with Crippen LogP contribution in [0, 0.1) is 0 Å². The standard InChI is InChI=1S/C13H21N5/c1-5-11-7-12(6-2)17(16-11)8-13-14-9-15-18(13)10(3)4/h7,9-10H,5-6,8H2,1-4H3. The van der Waals surface area contributed by atoms with Crippen molar-refractivity contribution in [2.75, 3.05) is 0 Å². The average molecular weight is 247 g/mol. The Morgan fingerprint density at radius 2 is 2.00 bits per heavy atom. The molecule has 0 atom stereocenters. The lowest BCUT2D eigenvalue weighted by Gasteiger charge is -2.10. The van der Waals surface area contributed by atoms with E-state index in [0.29, 0.717) is 12.6 Å². The van der Waals surface area contributed by atoms with Crippen molar-refractivity contribution in [1.82, 2.24) is 24.5 Å². The van der Waals surface area contributed by atoms with Crippen molar-refractivity contribution in [3.8, 4) is 0 Å². The Bertz CT molecular complexity index is 509. The summed E-state index contributed by atoms with van der Waals surface area (Å²) < 4.78 is 3.99. The maximum absolute atomic E-state index is 4.61. The highest BCUT2D eigenvalue weighted by atomic mass is 15.4. The van der Waals surface area contributed by atoms with Crippen LogP contribution in [-0.4, -0.2) is 24.5 Å². The van der Waals surface area contributed by atoms with Crippen LogP contribution in [0.4, 0.5) is 0 Å².